The van der Waals surface area contributed by atoms with Crippen LogP contribution < -0.4 is 15.4 Å². The van der Waals surface area contributed by atoms with E-state index in [2.05, 4.69) is 0 Å². The molecule has 0 unspecified atom stereocenters. The number of aryl methyl sites for hydroxylation is 1. The molecule has 0 saturated carbocycles. The van der Waals surface area contributed by atoms with Gasteiger partial charge in [0.15, 0.2) is 11.5 Å². The summed E-state index contributed by atoms with van der Waals surface area (Å²) in [7, 11) is 0. The number of fused-ring (bicyclic) bond motifs is 1. The van der Waals surface area contributed by atoms with Crippen LogP contribution in [0.15, 0.2) is 54.3 Å². The highest BCUT2D eigenvalue weighted by molar-refractivity contribution is 6.09. The minimum atomic E-state index is -0.105. The summed E-state index contributed by atoms with van der Waals surface area (Å²) in [6.45, 7) is 3.31. The monoisotopic (exact) mass is 322 g/mol. The standard InChI is InChI=1S/C20H22N2O2/c1-15-8-10-16(11-9-15)14-19-20(23)22(13-5-4-12-21)17-6-2-3-7-18(17)24-19/h2-3,6-11,14H,4-5,12-13,21H2,1H3/b19-14+. The Kier molecular flexibility index (Phi) is 4.96. The third-order valence-electron chi connectivity index (χ3n) is 4.04. The first-order valence-corrected chi connectivity index (χ1v) is 8.26. The van der Waals surface area contributed by atoms with Crippen molar-refractivity contribution < 1.29 is 9.53 Å². The smallest absolute Gasteiger partial charge is 0.294 e. The molecular formula is C20H22N2O2. The molecule has 4 heteroatoms. The van der Waals surface area contributed by atoms with Crippen LogP contribution in [0.5, 0.6) is 5.75 Å². The normalized spacial score (nSPS) is 15.3. The Hall–Kier alpha value is -2.59. The zero-order valence-corrected chi connectivity index (χ0v) is 13.9. The molecule has 2 aromatic carbocycles. The summed E-state index contributed by atoms with van der Waals surface area (Å²) in [5, 5.41) is 0. The topological polar surface area (TPSA) is 55.6 Å². The number of amides is 1. The number of rotatable bonds is 5. The average molecular weight is 322 g/mol. The largest absolute Gasteiger partial charge is 0.449 e. The molecule has 0 radical (unpaired) electrons. The van der Waals surface area contributed by atoms with Gasteiger partial charge in [-0.1, -0.05) is 42.0 Å². The van der Waals surface area contributed by atoms with Gasteiger partial charge >= 0.3 is 0 Å². The van der Waals surface area contributed by atoms with Gasteiger partial charge in [-0.25, -0.2) is 0 Å². The number of carbonyl (C=O) groups is 1. The van der Waals surface area contributed by atoms with E-state index in [-0.39, 0.29) is 5.91 Å². The Morgan fingerprint density at radius 3 is 2.58 bits per heavy atom. The van der Waals surface area contributed by atoms with Crippen LogP contribution in [0.1, 0.15) is 24.0 Å². The lowest BCUT2D eigenvalue weighted by molar-refractivity contribution is -0.117. The van der Waals surface area contributed by atoms with Gasteiger partial charge in [-0.05, 0) is 50.1 Å². The molecule has 0 bridgehead atoms. The maximum atomic E-state index is 12.9. The Balaban J connectivity index is 1.92. The zero-order valence-electron chi connectivity index (χ0n) is 13.9. The van der Waals surface area contributed by atoms with Gasteiger partial charge in [-0.2, -0.15) is 0 Å². The van der Waals surface area contributed by atoms with Gasteiger partial charge < -0.3 is 15.4 Å². The van der Waals surface area contributed by atoms with E-state index in [4.69, 9.17) is 10.5 Å². The molecule has 1 amide bonds. The third-order valence-corrected chi connectivity index (χ3v) is 4.04. The van der Waals surface area contributed by atoms with Gasteiger partial charge in [0.2, 0.25) is 0 Å². The van der Waals surface area contributed by atoms with Gasteiger partial charge in [0.1, 0.15) is 0 Å². The molecule has 0 saturated heterocycles. The fraction of sp³-hybridized carbons (Fsp3) is 0.250. The van der Waals surface area contributed by atoms with E-state index >= 15 is 0 Å². The van der Waals surface area contributed by atoms with E-state index in [9.17, 15) is 4.79 Å². The summed E-state index contributed by atoms with van der Waals surface area (Å²) in [5.74, 6) is 0.958. The zero-order chi connectivity index (χ0) is 16.9. The van der Waals surface area contributed by atoms with E-state index < -0.39 is 0 Å². The Bertz CT molecular complexity index is 750. The number of nitrogens with zero attached hydrogens (tertiary/aromatic N) is 1. The van der Waals surface area contributed by atoms with Gasteiger partial charge in [0, 0.05) is 6.54 Å². The summed E-state index contributed by atoms with van der Waals surface area (Å²) in [6, 6.07) is 15.6. The van der Waals surface area contributed by atoms with E-state index in [1.54, 1.807) is 11.0 Å². The van der Waals surface area contributed by atoms with Crippen LogP contribution >= 0.6 is 0 Å². The first kappa shape index (κ1) is 16.3. The fourth-order valence-electron chi connectivity index (χ4n) is 2.71. The van der Waals surface area contributed by atoms with Crippen molar-refractivity contribution in [2.45, 2.75) is 19.8 Å². The Labute approximate surface area is 142 Å². The van der Waals surface area contributed by atoms with E-state index in [1.807, 2.05) is 55.5 Å². The van der Waals surface area contributed by atoms with E-state index in [1.165, 1.54) is 5.56 Å². The number of anilines is 1. The van der Waals surface area contributed by atoms with Crippen LogP contribution in [0.2, 0.25) is 0 Å². The van der Waals surface area contributed by atoms with Crippen LogP contribution in [0, 0.1) is 6.92 Å². The third kappa shape index (κ3) is 3.49. The Morgan fingerprint density at radius 1 is 1.08 bits per heavy atom. The van der Waals surface area contributed by atoms with Crippen molar-refractivity contribution in [3.05, 3.63) is 65.4 Å². The number of carbonyl (C=O) groups excluding carboxylic acids is 1. The first-order chi connectivity index (χ1) is 11.7. The highest BCUT2D eigenvalue weighted by atomic mass is 16.5. The second kappa shape index (κ2) is 7.32. The van der Waals surface area contributed by atoms with Crippen molar-refractivity contribution in [3.63, 3.8) is 0 Å². The number of benzene rings is 2. The van der Waals surface area contributed by atoms with Crippen molar-refractivity contribution in [2.24, 2.45) is 5.73 Å². The number of ether oxygens (including phenoxy) is 1. The molecular weight excluding hydrogens is 300 g/mol. The number of para-hydroxylation sites is 2. The molecule has 0 fully saturated rings. The minimum absolute atomic E-state index is 0.105. The number of unbranched alkanes of at least 4 members (excludes halogenated alkanes) is 1. The SMILES string of the molecule is Cc1ccc(/C=C2/Oc3ccccc3N(CCCCN)C2=O)cc1. The molecule has 124 valence electrons. The van der Waals surface area contributed by atoms with Gasteiger partial charge in [-0.15, -0.1) is 0 Å². The highest BCUT2D eigenvalue weighted by Gasteiger charge is 2.29. The summed E-state index contributed by atoms with van der Waals surface area (Å²) in [4.78, 5) is 14.6. The number of hydrogen-bond donors (Lipinski definition) is 1. The molecule has 3 rings (SSSR count). The quantitative estimate of drug-likeness (QED) is 0.677. The molecule has 0 spiro atoms. The fourth-order valence-corrected chi connectivity index (χ4v) is 2.71. The van der Waals surface area contributed by atoms with E-state index in [0.29, 0.717) is 24.6 Å². The average Bonchev–Trinajstić information content (AvgIpc) is 2.60. The van der Waals surface area contributed by atoms with E-state index in [0.717, 1.165) is 24.1 Å². The lowest BCUT2D eigenvalue weighted by Crippen LogP contribution is -2.38. The van der Waals surface area contributed by atoms with Gasteiger partial charge in [0.05, 0.1) is 5.69 Å². The maximum Gasteiger partial charge on any atom is 0.294 e. The van der Waals surface area contributed by atoms with Crippen molar-refractivity contribution >= 4 is 17.7 Å². The molecule has 1 heterocycles. The molecule has 1 aliphatic rings. The lowest BCUT2D eigenvalue weighted by atomic mass is 10.1. The predicted molar refractivity (Wildman–Crippen MR) is 96.9 cm³/mol. The molecule has 1 aliphatic heterocycles. The Morgan fingerprint density at radius 2 is 1.83 bits per heavy atom. The summed E-state index contributed by atoms with van der Waals surface area (Å²) in [6.07, 6.45) is 3.56. The molecule has 0 atom stereocenters. The van der Waals surface area contributed by atoms with Crippen LogP contribution in [0.4, 0.5) is 5.69 Å². The molecule has 24 heavy (non-hydrogen) atoms. The van der Waals surface area contributed by atoms with Gasteiger partial charge in [-0.3, -0.25) is 4.79 Å². The number of nitrogens with two attached hydrogens (primary N) is 1. The predicted octanol–water partition coefficient (Wildman–Crippen LogP) is 3.50. The second-order valence-electron chi connectivity index (χ2n) is 5.94. The van der Waals surface area contributed by atoms with Crippen molar-refractivity contribution in [1.29, 1.82) is 0 Å². The van der Waals surface area contributed by atoms with Crippen LogP contribution in [-0.2, 0) is 4.79 Å². The maximum absolute atomic E-state index is 12.9. The molecule has 0 aliphatic carbocycles. The minimum Gasteiger partial charge on any atom is -0.449 e. The highest BCUT2D eigenvalue weighted by Crippen LogP contribution is 2.35. The lowest BCUT2D eigenvalue weighted by Gasteiger charge is -2.30. The molecule has 2 N–H and O–H groups in total. The molecule has 0 aromatic heterocycles. The van der Waals surface area contributed by atoms with Crippen LogP contribution in [-0.4, -0.2) is 19.0 Å². The van der Waals surface area contributed by atoms with Crippen molar-refractivity contribution in [2.75, 3.05) is 18.0 Å². The van der Waals surface area contributed by atoms with Crippen molar-refractivity contribution in [1.82, 2.24) is 0 Å². The number of hydrogen-bond acceptors (Lipinski definition) is 3. The molecule has 4 nitrogen and oxygen atoms in total. The summed E-state index contributed by atoms with van der Waals surface area (Å²) in [5.41, 5.74) is 8.53. The second-order valence-corrected chi connectivity index (χ2v) is 5.94. The summed E-state index contributed by atoms with van der Waals surface area (Å²) >= 11 is 0. The summed E-state index contributed by atoms with van der Waals surface area (Å²) < 4.78 is 5.86. The molecule has 2 aromatic rings. The van der Waals surface area contributed by atoms with Crippen LogP contribution in [0.25, 0.3) is 6.08 Å². The first-order valence-electron chi connectivity index (χ1n) is 8.26. The van der Waals surface area contributed by atoms with Crippen LogP contribution in [0.3, 0.4) is 0 Å². The van der Waals surface area contributed by atoms with Gasteiger partial charge in [0.25, 0.3) is 5.91 Å². The van der Waals surface area contributed by atoms with Crippen molar-refractivity contribution in [3.8, 4) is 5.75 Å².